The van der Waals surface area contributed by atoms with Gasteiger partial charge in [0.2, 0.25) is 0 Å². The number of carbonyl (C=O) groups excluding carboxylic acids is 2. The summed E-state index contributed by atoms with van der Waals surface area (Å²) >= 11 is 0. The van der Waals surface area contributed by atoms with Crippen LogP contribution in [0, 0.1) is 0 Å². The first-order chi connectivity index (χ1) is 20.9. The molecule has 4 aromatic carbocycles. The first kappa shape index (κ1) is 31.9. The molecule has 0 bridgehead atoms. The van der Waals surface area contributed by atoms with Crippen LogP contribution in [-0.4, -0.2) is 64.6 Å². The van der Waals surface area contributed by atoms with Gasteiger partial charge in [-0.1, -0.05) is 36.4 Å². The van der Waals surface area contributed by atoms with Crippen molar-refractivity contribution in [3.8, 4) is 34.5 Å². The fourth-order valence-corrected chi connectivity index (χ4v) is 5.38. The highest BCUT2D eigenvalue weighted by Gasteiger charge is 2.39. The molecule has 0 aliphatic carbocycles. The number of aliphatic hydroxyl groups excluding tert-OH is 2. The van der Waals surface area contributed by atoms with Gasteiger partial charge in [-0.3, -0.25) is 9.59 Å². The Hall–Kier alpha value is -5.06. The maximum Gasteiger partial charge on any atom is 0.143 e. The van der Waals surface area contributed by atoms with Crippen molar-refractivity contribution >= 4 is 11.6 Å². The number of aliphatic hydroxyl groups is 2. The minimum absolute atomic E-state index is 0.0485. The van der Waals surface area contributed by atoms with Crippen molar-refractivity contribution in [1.82, 2.24) is 0 Å². The average Bonchev–Trinajstić information content (AvgIpc) is 2.95. The molecule has 4 unspecified atom stereocenters. The van der Waals surface area contributed by atoms with Crippen molar-refractivity contribution < 1.29 is 50.4 Å². The Morgan fingerprint density at radius 2 is 1.16 bits per heavy atom. The summed E-state index contributed by atoms with van der Waals surface area (Å²) < 4.78 is 0. The molecule has 230 valence electrons. The molecule has 8 N–H and O–H groups in total. The molecule has 44 heavy (non-hydrogen) atoms. The lowest BCUT2D eigenvalue weighted by Gasteiger charge is -2.32. The van der Waals surface area contributed by atoms with Crippen LogP contribution in [0.1, 0.15) is 46.9 Å². The quantitative estimate of drug-likeness (QED) is 0.111. The number of rotatable bonds is 13. The molecule has 0 heterocycles. The van der Waals surface area contributed by atoms with Crippen LogP contribution in [0.15, 0.2) is 84.9 Å². The third-order valence-electron chi connectivity index (χ3n) is 7.48. The molecular weight excluding hydrogens is 568 g/mol. The van der Waals surface area contributed by atoms with Crippen LogP contribution in [0.4, 0.5) is 0 Å². The fraction of sp³-hybridized carbons (Fsp3) is 0.235. The zero-order valence-electron chi connectivity index (χ0n) is 23.6. The number of phenolic OH excluding ortho intramolecular Hbond substituents is 6. The molecule has 0 saturated carbocycles. The van der Waals surface area contributed by atoms with E-state index in [-0.39, 0.29) is 59.1 Å². The van der Waals surface area contributed by atoms with Gasteiger partial charge in [0.25, 0.3) is 0 Å². The maximum atomic E-state index is 14.0. The van der Waals surface area contributed by atoms with E-state index >= 15 is 0 Å². The van der Waals surface area contributed by atoms with Crippen LogP contribution in [0.2, 0.25) is 0 Å². The fourth-order valence-electron chi connectivity index (χ4n) is 5.38. The molecule has 0 radical (unpaired) electrons. The Morgan fingerprint density at radius 1 is 0.614 bits per heavy atom. The van der Waals surface area contributed by atoms with Gasteiger partial charge in [0, 0.05) is 48.4 Å². The predicted molar refractivity (Wildman–Crippen MR) is 160 cm³/mol. The van der Waals surface area contributed by atoms with Crippen LogP contribution in [0.5, 0.6) is 34.5 Å². The van der Waals surface area contributed by atoms with Gasteiger partial charge in [0.15, 0.2) is 0 Å². The number of ketones is 2. The third kappa shape index (κ3) is 8.06. The van der Waals surface area contributed by atoms with Crippen molar-refractivity contribution in [3.05, 3.63) is 107 Å². The van der Waals surface area contributed by atoms with Crippen molar-refractivity contribution in [2.45, 2.75) is 49.7 Å². The molecule has 0 aromatic heterocycles. The molecule has 4 rings (SSSR count). The lowest BCUT2D eigenvalue weighted by molar-refractivity contribution is -0.125. The van der Waals surface area contributed by atoms with Crippen LogP contribution >= 0.6 is 0 Å². The van der Waals surface area contributed by atoms with Crippen LogP contribution in [0.25, 0.3) is 0 Å². The van der Waals surface area contributed by atoms with E-state index in [1.165, 1.54) is 60.7 Å². The number of benzene rings is 4. The first-order valence-corrected chi connectivity index (χ1v) is 13.9. The monoisotopic (exact) mass is 602 g/mol. The summed E-state index contributed by atoms with van der Waals surface area (Å²) in [4.78, 5) is 27.1. The normalized spacial score (nSPS) is 14.0. The van der Waals surface area contributed by atoms with Gasteiger partial charge in [0.1, 0.15) is 46.1 Å². The number of hydrogen-bond donors (Lipinski definition) is 8. The van der Waals surface area contributed by atoms with Crippen molar-refractivity contribution in [3.63, 3.8) is 0 Å². The van der Waals surface area contributed by atoms with E-state index in [1.54, 1.807) is 12.1 Å². The Bertz CT molecular complexity index is 1600. The average molecular weight is 603 g/mol. The van der Waals surface area contributed by atoms with E-state index in [1.807, 2.05) is 0 Å². The summed E-state index contributed by atoms with van der Waals surface area (Å²) in [5.74, 6) is -4.73. The smallest absolute Gasteiger partial charge is 0.143 e. The van der Waals surface area contributed by atoms with Gasteiger partial charge in [-0.25, -0.2) is 0 Å². The zero-order valence-corrected chi connectivity index (χ0v) is 23.6. The summed E-state index contributed by atoms with van der Waals surface area (Å²) in [5.41, 5.74) is 1.28. The third-order valence-corrected chi connectivity index (χ3v) is 7.48. The molecule has 0 aliphatic rings. The zero-order chi connectivity index (χ0) is 32.0. The number of phenols is 6. The van der Waals surface area contributed by atoms with E-state index in [2.05, 4.69) is 0 Å². The SMILES string of the molecule is O=C(Cc1ccc(O)cc1O)CC(O)C(c1ccc(O)cc1O)C(C(=O)CC(O)Cc1ccc(O)cc1)c1ccc(O)cc1. The molecule has 0 spiro atoms. The second-order valence-electron chi connectivity index (χ2n) is 10.8. The molecule has 10 nitrogen and oxygen atoms in total. The maximum absolute atomic E-state index is 14.0. The number of Topliss-reactive ketones (excluding diaryl/α,β-unsaturated/α-hetero) is 2. The van der Waals surface area contributed by atoms with Gasteiger partial charge in [0.05, 0.1) is 18.1 Å². The summed E-state index contributed by atoms with van der Waals surface area (Å²) in [7, 11) is 0. The second kappa shape index (κ2) is 13.9. The van der Waals surface area contributed by atoms with Gasteiger partial charge < -0.3 is 40.9 Å². The second-order valence-corrected chi connectivity index (χ2v) is 10.8. The lowest BCUT2D eigenvalue weighted by atomic mass is 9.73. The van der Waals surface area contributed by atoms with E-state index in [4.69, 9.17) is 0 Å². The first-order valence-electron chi connectivity index (χ1n) is 13.9. The van der Waals surface area contributed by atoms with E-state index in [0.29, 0.717) is 11.1 Å². The molecular formula is C34H34O10. The molecule has 0 fully saturated rings. The largest absolute Gasteiger partial charge is 0.508 e. The van der Waals surface area contributed by atoms with E-state index < -0.39 is 47.8 Å². The summed E-state index contributed by atoms with van der Waals surface area (Å²) in [6, 6.07) is 19.2. The van der Waals surface area contributed by atoms with Crippen molar-refractivity contribution in [1.29, 1.82) is 0 Å². The molecule has 10 heteroatoms. The van der Waals surface area contributed by atoms with E-state index in [9.17, 15) is 50.4 Å². The molecule has 4 aromatic rings. The Morgan fingerprint density at radius 3 is 1.75 bits per heavy atom. The van der Waals surface area contributed by atoms with Crippen LogP contribution in [0.3, 0.4) is 0 Å². The van der Waals surface area contributed by atoms with Crippen LogP contribution in [-0.2, 0) is 22.4 Å². The predicted octanol–water partition coefficient (Wildman–Crippen LogP) is 3.91. The molecule has 0 amide bonds. The summed E-state index contributed by atoms with van der Waals surface area (Å²) in [6.07, 6.45) is -3.79. The Balaban J connectivity index is 1.69. The molecule has 4 atom stereocenters. The lowest BCUT2D eigenvalue weighted by Crippen LogP contribution is -2.33. The standard InChI is InChI=1S/C34H34O10/c35-22-6-1-19(2-7-22)13-26(39)17-31(43)33(20-3-8-23(36)9-4-20)34(28-12-11-25(38)16-30(28)42)32(44)18-27(40)14-21-5-10-24(37)15-29(21)41/h1-12,15-16,26,32-39,41-42,44H,13-14,17-18H2. The molecule has 0 saturated heterocycles. The summed E-state index contributed by atoms with van der Waals surface area (Å²) in [6.45, 7) is 0. The number of hydrogen-bond acceptors (Lipinski definition) is 10. The highest BCUT2D eigenvalue weighted by atomic mass is 16.3. The summed E-state index contributed by atoms with van der Waals surface area (Å²) in [5, 5.41) is 82.3. The van der Waals surface area contributed by atoms with Gasteiger partial charge in [-0.2, -0.15) is 0 Å². The van der Waals surface area contributed by atoms with Gasteiger partial charge in [-0.05, 0) is 53.9 Å². The minimum atomic E-state index is -1.56. The minimum Gasteiger partial charge on any atom is -0.508 e. The van der Waals surface area contributed by atoms with Crippen molar-refractivity contribution in [2.24, 2.45) is 0 Å². The van der Waals surface area contributed by atoms with Gasteiger partial charge in [-0.15, -0.1) is 0 Å². The number of aromatic hydroxyl groups is 6. The Labute approximate surface area is 253 Å². The highest BCUT2D eigenvalue weighted by Crippen LogP contribution is 2.43. The van der Waals surface area contributed by atoms with Crippen molar-refractivity contribution in [2.75, 3.05) is 0 Å². The Kier molecular flexibility index (Phi) is 10.1. The topological polar surface area (TPSA) is 196 Å². The van der Waals surface area contributed by atoms with Crippen LogP contribution < -0.4 is 0 Å². The number of carbonyl (C=O) groups is 2. The van der Waals surface area contributed by atoms with E-state index in [0.717, 1.165) is 12.1 Å². The highest BCUT2D eigenvalue weighted by molar-refractivity contribution is 5.88. The van der Waals surface area contributed by atoms with Gasteiger partial charge >= 0.3 is 0 Å². The molecule has 0 aliphatic heterocycles.